The van der Waals surface area contributed by atoms with Crippen LogP contribution in [0.5, 0.6) is 5.75 Å². The molecule has 3 aromatic carbocycles. The second kappa shape index (κ2) is 10.0. The molecular formula is C30H27N3O3. The molecule has 5 aromatic rings. The topological polar surface area (TPSA) is 77.2 Å². The summed E-state index contributed by atoms with van der Waals surface area (Å²) in [5.74, 6) is 1.39. The molecule has 180 valence electrons. The Bertz CT molecular complexity index is 1520. The summed E-state index contributed by atoms with van der Waals surface area (Å²) in [5, 5.41) is 9.06. The highest BCUT2D eigenvalue weighted by atomic mass is 16.7. The van der Waals surface area contributed by atoms with E-state index in [1.165, 1.54) is 0 Å². The number of hydrogen-bond acceptors (Lipinski definition) is 4. The van der Waals surface area contributed by atoms with Crippen LogP contribution in [0.2, 0.25) is 0 Å². The first-order chi connectivity index (χ1) is 17.5. The largest absolute Gasteiger partial charge is 0.511 e. The van der Waals surface area contributed by atoms with Crippen molar-refractivity contribution in [3.05, 3.63) is 102 Å². The number of aromatic nitrogens is 3. The minimum Gasteiger partial charge on any atom is -0.449 e. The van der Waals surface area contributed by atoms with Gasteiger partial charge in [0.1, 0.15) is 11.6 Å². The lowest BCUT2D eigenvalue weighted by Crippen LogP contribution is -2.05. The number of aryl methyl sites for hydroxylation is 2. The molecule has 0 atom stereocenters. The van der Waals surface area contributed by atoms with Crippen molar-refractivity contribution in [2.45, 2.75) is 33.2 Å². The van der Waals surface area contributed by atoms with E-state index in [2.05, 4.69) is 47.7 Å². The maximum Gasteiger partial charge on any atom is 0.511 e. The maximum absolute atomic E-state index is 11.1. The van der Waals surface area contributed by atoms with Gasteiger partial charge in [-0.25, -0.2) is 9.78 Å². The highest BCUT2D eigenvalue weighted by Gasteiger charge is 2.15. The number of nitrogens with zero attached hydrogens (tertiary/aromatic N) is 3. The molecule has 0 unspecified atom stereocenters. The fraction of sp³-hybridized carbons (Fsp3) is 0.167. The fourth-order valence-corrected chi connectivity index (χ4v) is 4.57. The van der Waals surface area contributed by atoms with E-state index >= 15 is 0 Å². The van der Waals surface area contributed by atoms with Crippen LogP contribution in [0.25, 0.3) is 33.4 Å². The van der Waals surface area contributed by atoms with Gasteiger partial charge in [-0.1, -0.05) is 55.5 Å². The van der Waals surface area contributed by atoms with Crippen LogP contribution in [0, 0.1) is 6.92 Å². The molecule has 0 fully saturated rings. The predicted molar refractivity (Wildman–Crippen MR) is 141 cm³/mol. The first kappa shape index (κ1) is 23.3. The molecule has 0 radical (unpaired) electrons. The van der Waals surface area contributed by atoms with Crippen molar-refractivity contribution in [2.75, 3.05) is 0 Å². The van der Waals surface area contributed by atoms with Gasteiger partial charge in [-0.15, -0.1) is 0 Å². The number of rotatable bonds is 7. The summed E-state index contributed by atoms with van der Waals surface area (Å²) in [6.45, 7) is 4.96. The molecule has 6 heteroatoms. The Kier molecular flexibility index (Phi) is 6.50. The fourth-order valence-electron chi connectivity index (χ4n) is 4.57. The van der Waals surface area contributed by atoms with Crippen molar-refractivity contribution < 1.29 is 14.6 Å². The maximum atomic E-state index is 11.1. The summed E-state index contributed by atoms with van der Waals surface area (Å²) in [6, 6.07) is 25.6. The van der Waals surface area contributed by atoms with Crippen LogP contribution in [0.3, 0.4) is 0 Å². The van der Waals surface area contributed by atoms with E-state index < -0.39 is 6.16 Å². The van der Waals surface area contributed by atoms with Crippen LogP contribution >= 0.6 is 0 Å². The second-order valence-corrected chi connectivity index (χ2v) is 8.80. The Balaban J connectivity index is 1.52. The summed E-state index contributed by atoms with van der Waals surface area (Å²) in [5.41, 5.74) is 8.05. The molecule has 2 aromatic heterocycles. The van der Waals surface area contributed by atoms with E-state index in [0.29, 0.717) is 12.3 Å². The normalized spacial score (nSPS) is 11.1. The molecule has 0 saturated heterocycles. The number of fused-ring (bicyclic) bond motifs is 1. The predicted octanol–water partition coefficient (Wildman–Crippen LogP) is 7.13. The number of para-hydroxylation sites is 1. The van der Waals surface area contributed by atoms with Crippen LogP contribution < -0.4 is 4.74 Å². The van der Waals surface area contributed by atoms with Gasteiger partial charge in [0, 0.05) is 30.3 Å². The van der Waals surface area contributed by atoms with Crippen LogP contribution in [0.15, 0.2) is 85.1 Å². The molecule has 0 saturated carbocycles. The van der Waals surface area contributed by atoms with Gasteiger partial charge in [-0.05, 0) is 60.4 Å². The zero-order valence-electron chi connectivity index (χ0n) is 20.3. The molecule has 0 amide bonds. The van der Waals surface area contributed by atoms with Crippen molar-refractivity contribution in [3.8, 4) is 28.1 Å². The SMILES string of the molecule is CCCc1nc2c(C)cc(-c3ccccn3)cc2n1Cc1ccc(-c2ccccc2OC(=O)O)cc1. The number of benzene rings is 3. The number of imidazole rings is 1. The quantitative estimate of drug-likeness (QED) is 0.199. The monoisotopic (exact) mass is 477 g/mol. The van der Waals surface area contributed by atoms with Gasteiger partial charge in [-0.2, -0.15) is 0 Å². The Morgan fingerprint density at radius 1 is 0.972 bits per heavy atom. The summed E-state index contributed by atoms with van der Waals surface area (Å²) in [7, 11) is 0. The van der Waals surface area contributed by atoms with E-state index in [-0.39, 0.29) is 0 Å². The number of hydrogen-bond donors (Lipinski definition) is 1. The first-order valence-corrected chi connectivity index (χ1v) is 12.0. The molecule has 1 N–H and O–H groups in total. The molecule has 0 aliphatic rings. The zero-order valence-corrected chi connectivity index (χ0v) is 20.3. The molecule has 0 aliphatic carbocycles. The van der Waals surface area contributed by atoms with Crippen LogP contribution in [0.4, 0.5) is 4.79 Å². The third-order valence-corrected chi connectivity index (χ3v) is 6.25. The van der Waals surface area contributed by atoms with Crippen LogP contribution in [-0.2, 0) is 13.0 Å². The smallest absolute Gasteiger partial charge is 0.449 e. The summed E-state index contributed by atoms with van der Waals surface area (Å²) >= 11 is 0. The van der Waals surface area contributed by atoms with Gasteiger partial charge in [0.15, 0.2) is 0 Å². The Morgan fingerprint density at radius 3 is 2.47 bits per heavy atom. The number of carbonyl (C=O) groups is 1. The highest BCUT2D eigenvalue weighted by molar-refractivity contribution is 5.85. The highest BCUT2D eigenvalue weighted by Crippen LogP contribution is 2.31. The van der Waals surface area contributed by atoms with Crippen molar-refractivity contribution in [2.24, 2.45) is 0 Å². The second-order valence-electron chi connectivity index (χ2n) is 8.80. The first-order valence-electron chi connectivity index (χ1n) is 12.0. The lowest BCUT2D eigenvalue weighted by molar-refractivity contribution is 0.144. The Morgan fingerprint density at radius 2 is 1.75 bits per heavy atom. The number of pyridine rings is 1. The van der Waals surface area contributed by atoms with Gasteiger partial charge in [0.05, 0.1) is 16.7 Å². The van der Waals surface area contributed by atoms with Gasteiger partial charge in [-0.3, -0.25) is 4.98 Å². The minimum atomic E-state index is -1.32. The lowest BCUT2D eigenvalue weighted by atomic mass is 10.0. The standard InChI is InChI=1S/C30H27N3O3/c1-3-8-28-32-29-20(2)17-23(25-10-6-7-16-31-25)18-26(29)33(28)19-21-12-14-22(15-13-21)24-9-4-5-11-27(24)36-30(34)35/h4-7,9-18H,3,8,19H2,1-2H3,(H,34,35). The zero-order chi connectivity index (χ0) is 25.1. The Labute approximate surface area is 209 Å². The summed E-state index contributed by atoms with van der Waals surface area (Å²) < 4.78 is 7.26. The van der Waals surface area contributed by atoms with E-state index in [4.69, 9.17) is 14.8 Å². The van der Waals surface area contributed by atoms with E-state index in [1.54, 1.807) is 12.1 Å². The van der Waals surface area contributed by atoms with E-state index in [9.17, 15) is 4.79 Å². The third kappa shape index (κ3) is 4.70. The van der Waals surface area contributed by atoms with E-state index in [1.807, 2.05) is 48.7 Å². The van der Waals surface area contributed by atoms with Crippen molar-refractivity contribution >= 4 is 17.2 Å². The average Bonchev–Trinajstić information content (AvgIpc) is 3.23. The third-order valence-electron chi connectivity index (χ3n) is 6.25. The lowest BCUT2D eigenvalue weighted by Gasteiger charge is -2.12. The van der Waals surface area contributed by atoms with Crippen molar-refractivity contribution in [3.63, 3.8) is 0 Å². The molecule has 2 heterocycles. The summed E-state index contributed by atoms with van der Waals surface area (Å²) in [4.78, 5) is 20.6. The van der Waals surface area contributed by atoms with E-state index in [0.717, 1.165) is 63.2 Å². The van der Waals surface area contributed by atoms with Crippen LogP contribution in [0.1, 0.15) is 30.3 Å². The summed E-state index contributed by atoms with van der Waals surface area (Å²) in [6.07, 6.45) is 2.39. The molecule has 0 spiro atoms. The van der Waals surface area contributed by atoms with Gasteiger partial charge < -0.3 is 14.4 Å². The molecule has 0 aliphatic heterocycles. The molecule has 0 bridgehead atoms. The molecule has 36 heavy (non-hydrogen) atoms. The van der Waals surface area contributed by atoms with Crippen LogP contribution in [-0.4, -0.2) is 25.8 Å². The molecule has 5 rings (SSSR count). The molecule has 6 nitrogen and oxygen atoms in total. The Hall–Kier alpha value is -4.45. The van der Waals surface area contributed by atoms with Gasteiger partial charge in [0.2, 0.25) is 0 Å². The van der Waals surface area contributed by atoms with Gasteiger partial charge >= 0.3 is 6.16 Å². The van der Waals surface area contributed by atoms with Gasteiger partial charge in [0.25, 0.3) is 0 Å². The minimum absolute atomic E-state index is 0.320. The number of carboxylic acid groups (broad SMARTS) is 1. The van der Waals surface area contributed by atoms with Crippen molar-refractivity contribution in [1.29, 1.82) is 0 Å². The number of ether oxygens (including phenoxy) is 1. The van der Waals surface area contributed by atoms with Crippen molar-refractivity contribution in [1.82, 2.24) is 14.5 Å². The molecular weight excluding hydrogens is 450 g/mol. The average molecular weight is 478 g/mol.